The van der Waals surface area contributed by atoms with Crippen LogP contribution in [0, 0.1) is 6.92 Å². The third-order valence-electron chi connectivity index (χ3n) is 4.31. The van der Waals surface area contributed by atoms with E-state index < -0.39 is 66.5 Å². The molecule has 1 fully saturated rings. The number of aromatic amines is 1. The summed E-state index contributed by atoms with van der Waals surface area (Å²) in [6.45, 7) is 0.216. The second-order valence-electron chi connectivity index (χ2n) is 6.62. The van der Waals surface area contributed by atoms with Gasteiger partial charge in [0.1, 0.15) is 19.1 Å². The largest absolute Gasteiger partial charge is 0.492 e. The molecule has 0 saturated carbocycles. The summed E-state index contributed by atoms with van der Waals surface area (Å²) in [5.41, 5.74) is 7.21. The molecule has 3 N–H and O–H groups in total. The molecule has 198 valence electrons. The van der Waals surface area contributed by atoms with Crippen LogP contribution in [-0.4, -0.2) is 59.1 Å². The maximum atomic E-state index is 12.3. The highest BCUT2D eigenvalue weighted by Crippen LogP contribution is 2.69. The van der Waals surface area contributed by atoms with Gasteiger partial charge in [-0.3, -0.25) is 27.9 Å². The van der Waals surface area contributed by atoms with Crippen LogP contribution in [0.4, 0.5) is 0 Å². The molecule has 6 atom stereocenters. The lowest BCUT2D eigenvalue weighted by Crippen LogP contribution is -2.33. The molecule has 0 aliphatic carbocycles. The number of hydrogen-bond donors (Lipinski definition) is 3. The maximum Gasteiger partial charge on any atom is 0.492 e. The fourth-order valence-electron chi connectivity index (χ4n) is 2.71. The Labute approximate surface area is 196 Å². The summed E-state index contributed by atoms with van der Waals surface area (Å²) < 4.78 is 69.6. The lowest BCUT2D eigenvalue weighted by Gasteiger charge is -2.22. The minimum atomic E-state index is -5.29. The molecule has 35 heavy (non-hydrogen) atoms. The minimum Gasteiger partial charge on any atom is -0.369 e. The molecule has 19 nitrogen and oxygen atoms in total. The van der Waals surface area contributed by atoms with E-state index in [4.69, 9.17) is 19.5 Å². The number of phosphoric acid groups is 3. The lowest BCUT2D eigenvalue weighted by atomic mass is 10.2. The van der Waals surface area contributed by atoms with Crippen molar-refractivity contribution in [2.45, 2.75) is 31.8 Å². The first-order chi connectivity index (χ1) is 16.2. The second-order valence-corrected chi connectivity index (χ2v) is 11.7. The van der Waals surface area contributed by atoms with Crippen molar-refractivity contribution in [2.24, 2.45) is 5.11 Å². The zero-order chi connectivity index (χ0) is 26.4. The highest BCUT2D eigenvalue weighted by Gasteiger charge is 2.45. The van der Waals surface area contributed by atoms with Crippen LogP contribution in [0.5, 0.6) is 0 Å². The number of hydrogen-bond acceptors (Lipinski definition) is 13. The quantitative estimate of drug-likeness (QED) is 0.132. The normalized spacial score (nSPS) is 25.2. The molecule has 0 spiro atoms. The highest BCUT2D eigenvalue weighted by atomic mass is 31.3. The van der Waals surface area contributed by atoms with Crippen molar-refractivity contribution in [3.63, 3.8) is 0 Å². The molecule has 1 saturated heterocycles. The summed E-state index contributed by atoms with van der Waals surface area (Å²) in [7, 11) is -13.9. The van der Waals surface area contributed by atoms with Crippen LogP contribution in [0.1, 0.15) is 18.2 Å². The Kier molecular flexibility index (Phi) is 10.2. The number of nitrogens with one attached hydrogen (secondary N) is 1. The third-order valence-corrected chi connectivity index (χ3v) is 8.94. The van der Waals surface area contributed by atoms with Gasteiger partial charge in [0.05, 0.1) is 12.7 Å². The van der Waals surface area contributed by atoms with Gasteiger partial charge in [0, 0.05) is 37.3 Å². The van der Waals surface area contributed by atoms with Crippen LogP contribution in [0.3, 0.4) is 0 Å². The van der Waals surface area contributed by atoms with Crippen LogP contribution in [0.2, 0.25) is 0 Å². The smallest absolute Gasteiger partial charge is 0.369 e. The van der Waals surface area contributed by atoms with Crippen molar-refractivity contribution in [1.82, 2.24) is 9.55 Å². The summed E-state index contributed by atoms with van der Waals surface area (Å²) in [5.74, 6) is 0. The number of rotatable bonds is 13. The standard InChI is InChI=1S/C13H22N5O14P3/c1-8-5-18(13(20)16-12(8)19)11-4-9(28-7-15-17-14)10(30-11)6-29-34(23,24)32-35(25,27-3)31-33(21,22)26-2/h5,9-11H,4,6-7H2,1-3H3,(H,21,22)(H,23,24)(H,16,19,20)/t9-,10-,11-,35?/m1/s1. The zero-order valence-electron chi connectivity index (χ0n) is 18.4. The van der Waals surface area contributed by atoms with Gasteiger partial charge in [-0.1, -0.05) is 5.11 Å². The molecule has 2 heterocycles. The van der Waals surface area contributed by atoms with Gasteiger partial charge in [0.25, 0.3) is 5.56 Å². The summed E-state index contributed by atoms with van der Waals surface area (Å²) in [6, 6.07) is 0. The topological polar surface area (TPSA) is 260 Å². The van der Waals surface area contributed by atoms with E-state index in [1.807, 2.05) is 0 Å². The Hall–Kier alpha value is -1.68. The van der Waals surface area contributed by atoms with E-state index in [2.05, 4.69) is 32.7 Å². The minimum absolute atomic E-state index is 0.0435. The van der Waals surface area contributed by atoms with E-state index in [0.29, 0.717) is 7.11 Å². The average Bonchev–Trinajstić information content (AvgIpc) is 3.17. The van der Waals surface area contributed by atoms with Crippen LogP contribution in [0.15, 0.2) is 20.9 Å². The number of ether oxygens (including phenoxy) is 2. The van der Waals surface area contributed by atoms with Crippen molar-refractivity contribution >= 4 is 23.5 Å². The summed E-state index contributed by atoms with van der Waals surface area (Å²) in [6.07, 6.45) is -1.98. The number of H-pyrrole nitrogens is 1. The van der Waals surface area contributed by atoms with Gasteiger partial charge in [-0.05, 0) is 12.5 Å². The van der Waals surface area contributed by atoms with E-state index in [9.17, 15) is 33.1 Å². The molecule has 2 rings (SSSR count). The van der Waals surface area contributed by atoms with Crippen molar-refractivity contribution in [3.05, 3.63) is 43.0 Å². The first kappa shape index (κ1) is 29.5. The number of phosphoric ester groups is 2. The predicted octanol–water partition coefficient (Wildman–Crippen LogP) is 1.44. The molecule has 3 unspecified atom stereocenters. The second kappa shape index (κ2) is 12.0. The fraction of sp³-hybridized carbons (Fsp3) is 0.692. The maximum absolute atomic E-state index is 12.3. The van der Waals surface area contributed by atoms with Gasteiger partial charge in [-0.2, -0.15) is 8.62 Å². The third kappa shape index (κ3) is 8.44. The van der Waals surface area contributed by atoms with Gasteiger partial charge < -0.3 is 19.3 Å². The van der Waals surface area contributed by atoms with Crippen molar-refractivity contribution in [1.29, 1.82) is 0 Å². The zero-order valence-corrected chi connectivity index (χ0v) is 21.0. The van der Waals surface area contributed by atoms with E-state index in [0.717, 1.165) is 11.7 Å². The van der Waals surface area contributed by atoms with Gasteiger partial charge >= 0.3 is 29.2 Å². The summed E-state index contributed by atoms with van der Waals surface area (Å²) >= 11 is 0. The number of aryl methyl sites for hydroxylation is 1. The Morgan fingerprint density at radius 2 is 1.89 bits per heavy atom. The Morgan fingerprint density at radius 3 is 2.49 bits per heavy atom. The number of aromatic nitrogens is 2. The molecular weight excluding hydrogens is 543 g/mol. The van der Waals surface area contributed by atoms with Crippen LogP contribution in [-0.2, 0) is 45.4 Å². The monoisotopic (exact) mass is 565 g/mol. The van der Waals surface area contributed by atoms with E-state index >= 15 is 0 Å². The Bertz CT molecular complexity index is 1210. The van der Waals surface area contributed by atoms with Gasteiger partial charge in [0.2, 0.25) is 0 Å². The van der Waals surface area contributed by atoms with Gasteiger partial charge in [-0.15, -0.1) is 0 Å². The first-order valence-electron chi connectivity index (χ1n) is 9.29. The van der Waals surface area contributed by atoms with Crippen molar-refractivity contribution < 1.29 is 55.1 Å². The van der Waals surface area contributed by atoms with Crippen LogP contribution in [0.25, 0.3) is 10.4 Å². The van der Waals surface area contributed by atoms with E-state index in [-0.39, 0.29) is 12.0 Å². The predicted molar refractivity (Wildman–Crippen MR) is 113 cm³/mol. The Balaban J connectivity index is 2.18. The number of nitrogens with zero attached hydrogens (tertiary/aromatic N) is 4. The van der Waals surface area contributed by atoms with Crippen LogP contribution < -0.4 is 11.2 Å². The molecule has 0 radical (unpaired) electrons. The molecule has 1 aliphatic rings. The first-order valence-corrected chi connectivity index (χ1v) is 13.7. The summed E-state index contributed by atoms with van der Waals surface area (Å²) in [5, 5.41) is 3.21. The van der Waals surface area contributed by atoms with Crippen molar-refractivity contribution in [2.75, 3.05) is 27.6 Å². The molecule has 22 heteroatoms. The van der Waals surface area contributed by atoms with Crippen LogP contribution >= 0.6 is 23.5 Å². The molecule has 0 amide bonds. The lowest BCUT2D eigenvalue weighted by molar-refractivity contribution is -0.0602. The highest BCUT2D eigenvalue weighted by molar-refractivity contribution is 7.67. The van der Waals surface area contributed by atoms with Crippen molar-refractivity contribution in [3.8, 4) is 0 Å². The Morgan fingerprint density at radius 1 is 1.23 bits per heavy atom. The van der Waals surface area contributed by atoms with E-state index in [1.165, 1.54) is 13.1 Å². The molecule has 1 aromatic heterocycles. The fourth-order valence-corrected chi connectivity index (χ4v) is 6.44. The average molecular weight is 565 g/mol. The van der Waals surface area contributed by atoms with Gasteiger partial charge in [-0.25, -0.2) is 18.5 Å². The SMILES string of the molecule is COP(=O)(O)OP(=O)(OC)OP(=O)(O)OC[C@H]1O[C@@H](n2cc(C)c(=O)[nH]c2=O)C[C@H]1OCN=[N+]=[N-]. The van der Waals surface area contributed by atoms with E-state index in [1.54, 1.807) is 0 Å². The molecule has 0 aromatic carbocycles. The summed E-state index contributed by atoms with van der Waals surface area (Å²) in [4.78, 5) is 47.6. The number of azide groups is 1. The molecular formula is C13H22N5O14P3. The van der Waals surface area contributed by atoms with Gasteiger partial charge in [0.15, 0.2) is 0 Å². The molecule has 1 aliphatic heterocycles. The molecule has 1 aromatic rings. The molecule has 0 bridgehead atoms.